The SMILES string of the molecule is CCOc1ccc(NC(=O)c2ccc(NS(C)(=O)=O)cc2)cc1. The summed E-state index contributed by atoms with van der Waals surface area (Å²) in [4.78, 5) is 12.1. The zero-order valence-corrected chi connectivity index (χ0v) is 13.7. The molecule has 2 N–H and O–H groups in total. The van der Waals surface area contributed by atoms with Gasteiger partial charge in [-0.05, 0) is 55.5 Å². The zero-order chi connectivity index (χ0) is 16.9. The van der Waals surface area contributed by atoms with Gasteiger partial charge >= 0.3 is 0 Å². The molecule has 2 rings (SSSR count). The van der Waals surface area contributed by atoms with Crippen molar-refractivity contribution in [3.63, 3.8) is 0 Å². The van der Waals surface area contributed by atoms with Crippen LogP contribution in [0.1, 0.15) is 17.3 Å². The van der Waals surface area contributed by atoms with E-state index < -0.39 is 10.0 Å². The number of rotatable bonds is 6. The number of hydrogen-bond acceptors (Lipinski definition) is 4. The summed E-state index contributed by atoms with van der Waals surface area (Å²) in [5.41, 5.74) is 1.49. The minimum absolute atomic E-state index is 0.278. The van der Waals surface area contributed by atoms with E-state index in [0.717, 1.165) is 12.0 Å². The fourth-order valence-electron chi connectivity index (χ4n) is 1.91. The summed E-state index contributed by atoms with van der Waals surface area (Å²) in [6, 6.07) is 13.2. The molecule has 0 aromatic heterocycles. The Morgan fingerprint density at radius 2 is 1.57 bits per heavy atom. The Morgan fingerprint density at radius 3 is 2.09 bits per heavy atom. The Bertz CT molecular complexity index is 769. The zero-order valence-electron chi connectivity index (χ0n) is 12.9. The Morgan fingerprint density at radius 1 is 1.00 bits per heavy atom. The molecule has 0 fully saturated rings. The molecule has 0 radical (unpaired) electrons. The number of anilines is 2. The highest BCUT2D eigenvalue weighted by Gasteiger charge is 2.07. The Balaban J connectivity index is 2.02. The van der Waals surface area contributed by atoms with E-state index in [1.165, 1.54) is 12.1 Å². The van der Waals surface area contributed by atoms with Crippen molar-refractivity contribution in [3.8, 4) is 5.75 Å². The first-order chi connectivity index (χ1) is 10.9. The van der Waals surface area contributed by atoms with Gasteiger partial charge in [-0.1, -0.05) is 0 Å². The fraction of sp³-hybridized carbons (Fsp3) is 0.188. The summed E-state index contributed by atoms with van der Waals surface area (Å²) >= 11 is 0. The topological polar surface area (TPSA) is 84.5 Å². The maximum atomic E-state index is 12.1. The molecule has 0 saturated heterocycles. The lowest BCUT2D eigenvalue weighted by Gasteiger charge is -2.08. The van der Waals surface area contributed by atoms with Crippen molar-refractivity contribution >= 4 is 27.3 Å². The lowest BCUT2D eigenvalue weighted by molar-refractivity contribution is 0.102. The van der Waals surface area contributed by atoms with Crippen LogP contribution in [0.15, 0.2) is 48.5 Å². The van der Waals surface area contributed by atoms with Gasteiger partial charge in [0.15, 0.2) is 0 Å². The number of carbonyl (C=O) groups is 1. The number of hydrogen-bond donors (Lipinski definition) is 2. The summed E-state index contributed by atoms with van der Waals surface area (Å²) in [5.74, 6) is 0.460. The van der Waals surface area contributed by atoms with Gasteiger partial charge in [0, 0.05) is 16.9 Å². The van der Waals surface area contributed by atoms with Crippen LogP contribution in [0.5, 0.6) is 5.75 Å². The van der Waals surface area contributed by atoms with Crippen molar-refractivity contribution in [3.05, 3.63) is 54.1 Å². The number of ether oxygens (including phenoxy) is 1. The van der Waals surface area contributed by atoms with Crippen molar-refractivity contribution < 1.29 is 17.9 Å². The monoisotopic (exact) mass is 334 g/mol. The molecule has 0 atom stereocenters. The second-order valence-electron chi connectivity index (χ2n) is 4.86. The minimum Gasteiger partial charge on any atom is -0.494 e. The molecule has 122 valence electrons. The van der Waals surface area contributed by atoms with E-state index in [1.807, 2.05) is 6.92 Å². The predicted octanol–water partition coefficient (Wildman–Crippen LogP) is 2.71. The van der Waals surface area contributed by atoms with Crippen molar-refractivity contribution in [2.45, 2.75) is 6.92 Å². The van der Waals surface area contributed by atoms with Crippen LogP contribution < -0.4 is 14.8 Å². The predicted molar refractivity (Wildman–Crippen MR) is 90.5 cm³/mol. The third-order valence-electron chi connectivity index (χ3n) is 2.87. The van der Waals surface area contributed by atoms with E-state index in [9.17, 15) is 13.2 Å². The molecule has 0 saturated carbocycles. The van der Waals surface area contributed by atoms with Gasteiger partial charge in [0.1, 0.15) is 5.75 Å². The molecule has 7 heteroatoms. The van der Waals surface area contributed by atoms with Gasteiger partial charge in [-0.25, -0.2) is 8.42 Å². The maximum absolute atomic E-state index is 12.1. The lowest BCUT2D eigenvalue weighted by Crippen LogP contribution is -2.13. The van der Waals surface area contributed by atoms with Crippen molar-refractivity contribution in [1.82, 2.24) is 0 Å². The smallest absolute Gasteiger partial charge is 0.255 e. The van der Waals surface area contributed by atoms with E-state index in [1.54, 1.807) is 36.4 Å². The Hall–Kier alpha value is -2.54. The number of sulfonamides is 1. The number of nitrogens with one attached hydrogen (secondary N) is 2. The average Bonchev–Trinajstić information content (AvgIpc) is 2.48. The Kier molecular flexibility index (Phi) is 5.23. The first-order valence-corrected chi connectivity index (χ1v) is 8.88. The molecular weight excluding hydrogens is 316 g/mol. The van der Waals surface area contributed by atoms with Gasteiger partial charge in [0.2, 0.25) is 10.0 Å². The maximum Gasteiger partial charge on any atom is 0.255 e. The van der Waals surface area contributed by atoms with Crippen LogP contribution in [0, 0.1) is 0 Å². The Labute approximate surface area is 135 Å². The molecule has 0 aliphatic rings. The van der Waals surface area contributed by atoms with Crippen LogP contribution in [-0.4, -0.2) is 27.2 Å². The number of amides is 1. The average molecular weight is 334 g/mol. The van der Waals surface area contributed by atoms with Crippen LogP contribution in [0.2, 0.25) is 0 Å². The molecule has 0 heterocycles. The fourth-order valence-corrected chi connectivity index (χ4v) is 2.47. The second-order valence-corrected chi connectivity index (χ2v) is 6.61. The van der Waals surface area contributed by atoms with E-state index in [-0.39, 0.29) is 5.91 Å². The first-order valence-electron chi connectivity index (χ1n) is 6.99. The molecule has 0 aliphatic heterocycles. The highest BCUT2D eigenvalue weighted by Crippen LogP contribution is 2.17. The molecule has 2 aromatic carbocycles. The van der Waals surface area contributed by atoms with Gasteiger partial charge in [0.25, 0.3) is 5.91 Å². The summed E-state index contributed by atoms with van der Waals surface area (Å²) in [5, 5.41) is 2.76. The molecular formula is C16H18N2O4S. The van der Waals surface area contributed by atoms with Crippen LogP contribution in [0.4, 0.5) is 11.4 Å². The summed E-state index contributed by atoms with van der Waals surface area (Å²) < 4.78 is 29.9. The molecule has 2 aromatic rings. The minimum atomic E-state index is -3.33. The number of benzene rings is 2. The molecule has 0 aliphatic carbocycles. The molecule has 6 nitrogen and oxygen atoms in total. The summed E-state index contributed by atoms with van der Waals surface area (Å²) in [6.45, 7) is 2.48. The van der Waals surface area contributed by atoms with Crippen LogP contribution in [-0.2, 0) is 10.0 Å². The normalized spacial score (nSPS) is 10.9. The highest BCUT2D eigenvalue weighted by atomic mass is 32.2. The first kappa shape index (κ1) is 16.8. The van der Waals surface area contributed by atoms with Gasteiger partial charge in [-0.3, -0.25) is 9.52 Å². The summed E-state index contributed by atoms with van der Waals surface area (Å²) in [6.07, 6.45) is 1.07. The lowest BCUT2D eigenvalue weighted by atomic mass is 10.2. The van der Waals surface area contributed by atoms with Gasteiger partial charge < -0.3 is 10.1 Å². The largest absolute Gasteiger partial charge is 0.494 e. The third-order valence-corrected chi connectivity index (χ3v) is 3.48. The molecule has 1 amide bonds. The standard InChI is InChI=1S/C16H18N2O4S/c1-3-22-15-10-8-13(9-11-15)17-16(19)12-4-6-14(7-5-12)18-23(2,20)21/h4-11,18H,3H2,1-2H3,(H,17,19). The van der Waals surface area contributed by atoms with Crippen LogP contribution in [0.3, 0.4) is 0 Å². The molecule has 0 bridgehead atoms. The van der Waals surface area contributed by atoms with Gasteiger partial charge in [-0.15, -0.1) is 0 Å². The quantitative estimate of drug-likeness (QED) is 0.850. The van der Waals surface area contributed by atoms with E-state index in [4.69, 9.17) is 4.74 Å². The van der Waals surface area contributed by atoms with E-state index in [0.29, 0.717) is 23.5 Å². The van der Waals surface area contributed by atoms with Crippen molar-refractivity contribution in [2.24, 2.45) is 0 Å². The van der Waals surface area contributed by atoms with E-state index in [2.05, 4.69) is 10.0 Å². The van der Waals surface area contributed by atoms with Gasteiger partial charge in [0.05, 0.1) is 12.9 Å². The number of carbonyl (C=O) groups excluding carboxylic acids is 1. The van der Waals surface area contributed by atoms with Gasteiger partial charge in [-0.2, -0.15) is 0 Å². The molecule has 0 spiro atoms. The third kappa shape index (κ3) is 5.30. The van der Waals surface area contributed by atoms with E-state index >= 15 is 0 Å². The van der Waals surface area contributed by atoms with Crippen molar-refractivity contribution in [1.29, 1.82) is 0 Å². The van der Waals surface area contributed by atoms with Crippen LogP contribution >= 0.6 is 0 Å². The second kappa shape index (κ2) is 7.15. The van der Waals surface area contributed by atoms with Crippen LogP contribution in [0.25, 0.3) is 0 Å². The highest BCUT2D eigenvalue weighted by molar-refractivity contribution is 7.92. The molecule has 0 unspecified atom stereocenters. The molecule has 23 heavy (non-hydrogen) atoms. The van der Waals surface area contributed by atoms with Crippen molar-refractivity contribution in [2.75, 3.05) is 22.9 Å². The summed E-state index contributed by atoms with van der Waals surface area (Å²) in [7, 11) is -3.33.